The molecule has 0 aromatic rings. The van der Waals surface area contributed by atoms with Crippen molar-refractivity contribution in [2.24, 2.45) is 0 Å². The van der Waals surface area contributed by atoms with Crippen LogP contribution in [0.25, 0.3) is 0 Å². The van der Waals surface area contributed by atoms with Gasteiger partial charge in [-0.2, -0.15) is 11.1 Å². The van der Waals surface area contributed by atoms with Crippen molar-refractivity contribution in [1.29, 1.82) is 0 Å². The number of halogens is 2. The van der Waals surface area contributed by atoms with Gasteiger partial charge in [0.25, 0.3) is 0 Å². The summed E-state index contributed by atoms with van der Waals surface area (Å²) in [4.78, 5) is 0. The van der Waals surface area contributed by atoms with Crippen LogP contribution in [0.15, 0.2) is 0 Å². The highest BCUT2D eigenvalue weighted by molar-refractivity contribution is 7.23. The topological polar surface area (TPSA) is 0 Å². The average Bonchev–Trinajstić information content (AvgIpc) is 1.60. The third-order valence-corrected chi connectivity index (χ3v) is 12.5. The van der Waals surface area contributed by atoms with Crippen LogP contribution in [0, 0.1) is 0 Å². The van der Waals surface area contributed by atoms with Gasteiger partial charge < -0.3 is 0 Å². The summed E-state index contributed by atoms with van der Waals surface area (Å²) in [5, 5.41) is 0. The smallest absolute Gasteiger partial charge is 0.147 e. The SMILES string of the molecule is C[Si](C)(Cl)C[Si](C)(C)CCl. The summed E-state index contributed by atoms with van der Waals surface area (Å²) < 4.78 is 0. The van der Waals surface area contributed by atoms with E-state index in [-0.39, 0.29) is 0 Å². The molecule has 0 unspecified atom stereocenters. The van der Waals surface area contributed by atoms with Crippen molar-refractivity contribution in [3.8, 4) is 0 Å². The maximum Gasteiger partial charge on any atom is 0.147 e. The maximum atomic E-state index is 6.21. The fourth-order valence-corrected chi connectivity index (χ4v) is 14.8. The minimum atomic E-state index is -1.36. The van der Waals surface area contributed by atoms with E-state index in [1.807, 2.05) is 0 Å². The van der Waals surface area contributed by atoms with E-state index in [0.717, 1.165) is 5.50 Å². The number of alkyl halides is 1. The highest BCUT2D eigenvalue weighted by Crippen LogP contribution is 2.23. The zero-order valence-electron chi connectivity index (χ0n) is 7.17. The van der Waals surface area contributed by atoms with Crippen LogP contribution in [0.4, 0.5) is 0 Å². The molecule has 4 heteroatoms. The predicted octanol–water partition coefficient (Wildman–Crippen LogP) is 3.46. The van der Waals surface area contributed by atoms with Gasteiger partial charge >= 0.3 is 0 Å². The monoisotopic (exact) mass is 214 g/mol. The third kappa shape index (κ3) is 5.77. The Morgan fingerprint density at radius 1 is 1.10 bits per heavy atom. The first-order valence-electron chi connectivity index (χ1n) is 3.52. The van der Waals surface area contributed by atoms with Crippen molar-refractivity contribution < 1.29 is 0 Å². The van der Waals surface area contributed by atoms with Gasteiger partial charge in [-0.05, 0) is 5.67 Å². The molecule has 10 heavy (non-hydrogen) atoms. The van der Waals surface area contributed by atoms with Crippen LogP contribution in [0.5, 0.6) is 0 Å². The Hall–Kier alpha value is 1.01. The fourth-order valence-electron chi connectivity index (χ4n) is 1.19. The normalized spacial score (nSPS) is 13.8. The lowest BCUT2D eigenvalue weighted by Gasteiger charge is -2.25. The van der Waals surface area contributed by atoms with E-state index in [4.69, 9.17) is 22.7 Å². The lowest BCUT2D eigenvalue weighted by Crippen LogP contribution is -2.37. The maximum absolute atomic E-state index is 6.21. The molecule has 0 nitrogen and oxygen atoms in total. The first-order chi connectivity index (χ1) is 4.27. The molecule has 0 amide bonds. The molecular formula is C6H16Cl2Si2. The molecule has 0 saturated heterocycles. The molecule has 0 saturated carbocycles. The molecule has 0 aromatic carbocycles. The summed E-state index contributed by atoms with van der Waals surface area (Å²) in [7, 11) is -2.48. The number of hydrogen-bond donors (Lipinski definition) is 0. The molecule has 0 atom stereocenters. The largest absolute Gasteiger partial charge is 0.168 e. The molecule has 0 heterocycles. The third-order valence-electron chi connectivity index (χ3n) is 1.26. The summed E-state index contributed by atoms with van der Waals surface area (Å²) in [5.74, 6) is 0. The highest BCUT2D eigenvalue weighted by Gasteiger charge is 2.29. The standard InChI is InChI=1S/C6H16Cl2Si2/c1-9(2,5-7)6-10(3,4)8/h5-6H2,1-4H3. The molecular weight excluding hydrogens is 199 g/mol. The minimum Gasteiger partial charge on any atom is -0.168 e. The highest BCUT2D eigenvalue weighted by atomic mass is 35.6. The van der Waals surface area contributed by atoms with Crippen LogP contribution in [-0.2, 0) is 0 Å². The first-order valence-corrected chi connectivity index (χ1v) is 11.7. The summed E-state index contributed by atoms with van der Waals surface area (Å²) in [6.07, 6.45) is 0. The summed E-state index contributed by atoms with van der Waals surface area (Å²) in [6, 6.07) is 0. The number of rotatable bonds is 3. The van der Waals surface area contributed by atoms with Crippen LogP contribution in [-0.4, -0.2) is 21.0 Å². The van der Waals surface area contributed by atoms with Crippen molar-refractivity contribution in [2.75, 3.05) is 5.50 Å². The Balaban J connectivity index is 3.89. The lowest BCUT2D eigenvalue weighted by molar-refractivity contribution is 1.55. The Bertz CT molecular complexity index is 107. The zero-order chi connectivity index (χ0) is 8.41. The van der Waals surface area contributed by atoms with Crippen molar-refractivity contribution in [1.82, 2.24) is 0 Å². The van der Waals surface area contributed by atoms with Gasteiger partial charge in [0.05, 0.1) is 8.07 Å². The Morgan fingerprint density at radius 2 is 1.50 bits per heavy atom. The van der Waals surface area contributed by atoms with E-state index in [0.29, 0.717) is 0 Å². The van der Waals surface area contributed by atoms with Gasteiger partial charge in [0.2, 0.25) is 0 Å². The van der Waals surface area contributed by atoms with Gasteiger partial charge in [-0.3, -0.25) is 0 Å². The lowest BCUT2D eigenvalue weighted by atomic mass is 11.7. The molecule has 0 aliphatic carbocycles. The van der Waals surface area contributed by atoms with E-state index in [1.165, 1.54) is 5.67 Å². The second kappa shape index (κ2) is 3.61. The second-order valence-corrected chi connectivity index (χ2v) is 17.5. The van der Waals surface area contributed by atoms with Crippen LogP contribution in [0.3, 0.4) is 0 Å². The first kappa shape index (κ1) is 11.0. The minimum absolute atomic E-state index is 0.843. The molecule has 0 N–H and O–H groups in total. The van der Waals surface area contributed by atoms with Gasteiger partial charge in [-0.15, -0.1) is 11.6 Å². The van der Waals surface area contributed by atoms with E-state index in [9.17, 15) is 0 Å². The van der Waals surface area contributed by atoms with Crippen molar-refractivity contribution in [3.05, 3.63) is 0 Å². The van der Waals surface area contributed by atoms with Gasteiger partial charge in [0.15, 0.2) is 0 Å². The predicted molar refractivity (Wildman–Crippen MR) is 56.3 cm³/mol. The molecule has 0 radical (unpaired) electrons. The summed E-state index contributed by atoms with van der Waals surface area (Å²) in [5.41, 5.74) is 2.07. The molecule has 62 valence electrons. The number of hydrogen-bond acceptors (Lipinski definition) is 0. The quantitative estimate of drug-likeness (QED) is 0.384. The van der Waals surface area contributed by atoms with Crippen molar-refractivity contribution >= 4 is 38.1 Å². The average molecular weight is 215 g/mol. The van der Waals surface area contributed by atoms with E-state index in [1.54, 1.807) is 0 Å². The van der Waals surface area contributed by atoms with Crippen LogP contribution in [0.1, 0.15) is 0 Å². The van der Waals surface area contributed by atoms with E-state index < -0.39 is 15.5 Å². The Kier molecular flexibility index (Phi) is 3.98. The van der Waals surface area contributed by atoms with Gasteiger partial charge in [0.1, 0.15) is 7.38 Å². The molecule has 0 spiro atoms. The van der Waals surface area contributed by atoms with Crippen molar-refractivity contribution in [3.63, 3.8) is 0 Å². The molecule has 0 aliphatic rings. The molecule has 0 aromatic heterocycles. The summed E-state index contributed by atoms with van der Waals surface area (Å²) >= 11 is 12.0. The second-order valence-electron chi connectivity index (χ2n) is 4.19. The van der Waals surface area contributed by atoms with Crippen LogP contribution < -0.4 is 0 Å². The molecule has 0 rings (SSSR count). The van der Waals surface area contributed by atoms with Gasteiger partial charge in [-0.25, -0.2) is 0 Å². The van der Waals surface area contributed by atoms with Gasteiger partial charge in [0, 0.05) is 5.50 Å². The van der Waals surface area contributed by atoms with E-state index in [2.05, 4.69) is 26.2 Å². The van der Waals surface area contributed by atoms with Crippen molar-refractivity contribution in [2.45, 2.75) is 31.9 Å². The fraction of sp³-hybridized carbons (Fsp3) is 1.00. The molecule has 0 aliphatic heterocycles. The Morgan fingerprint density at radius 3 is 1.60 bits per heavy atom. The van der Waals surface area contributed by atoms with Crippen LogP contribution in [0.2, 0.25) is 31.9 Å². The Labute approximate surface area is 75.6 Å². The van der Waals surface area contributed by atoms with Crippen LogP contribution >= 0.6 is 22.7 Å². The molecule has 0 bridgehead atoms. The zero-order valence-corrected chi connectivity index (χ0v) is 10.7. The molecule has 0 fully saturated rings. The van der Waals surface area contributed by atoms with Gasteiger partial charge in [-0.1, -0.05) is 26.2 Å². The summed E-state index contributed by atoms with van der Waals surface area (Å²) in [6.45, 7) is 8.99. The van der Waals surface area contributed by atoms with E-state index >= 15 is 0 Å².